The van der Waals surface area contributed by atoms with Crippen LogP contribution in [0.4, 0.5) is 95.8 Å². The van der Waals surface area contributed by atoms with Crippen molar-refractivity contribution in [2.24, 2.45) is 0 Å². The molecular formula is C75H95N23O7S3. The number of carbonyl (C=O) groups is 3. The largest absolute Gasteiger partial charge is 0.495 e. The number of methoxy groups -OCH3 is 3. The number of aliphatic hydroxyl groups excluding tert-OH is 1. The molecule has 0 saturated carbocycles. The van der Waals surface area contributed by atoms with E-state index in [0.29, 0.717) is 107 Å². The molecule has 0 bridgehead atoms. The highest BCUT2D eigenvalue weighted by molar-refractivity contribution is 7.17. The van der Waals surface area contributed by atoms with Gasteiger partial charge in [-0.1, -0.05) is 6.07 Å². The van der Waals surface area contributed by atoms with Crippen LogP contribution in [0.3, 0.4) is 0 Å². The van der Waals surface area contributed by atoms with E-state index < -0.39 is 0 Å². The van der Waals surface area contributed by atoms with Gasteiger partial charge < -0.3 is 84.3 Å². The summed E-state index contributed by atoms with van der Waals surface area (Å²) in [5, 5.41) is 24.1. The number of anilines is 17. The first-order chi connectivity index (χ1) is 52.1. The van der Waals surface area contributed by atoms with Crippen molar-refractivity contribution in [1.29, 1.82) is 0 Å². The van der Waals surface area contributed by atoms with Crippen LogP contribution in [0.1, 0.15) is 97.1 Å². The predicted molar refractivity (Wildman–Crippen MR) is 431 cm³/mol. The third-order valence-corrected chi connectivity index (χ3v) is 23.3. The minimum absolute atomic E-state index is 0.156. The van der Waals surface area contributed by atoms with Crippen molar-refractivity contribution >= 4 is 148 Å². The van der Waals surface area contributed by atoms with Crippen LogP contribution in [0.5, 0.6) is 17.2 Å². The van der Waals surface area contributed by atoms with Crippen LogP contribution in [-0.2, 0) is 0 Å². The van der Waals surface area contributed by atoms with E-state index in [4.69, 9.17) is 29.2 Å². The van der Waals surface area contributed by atoms with E-state index in [1.54, 1.807) is 75.8 Å². The monoisotopic (exact) mass is 1530 g/mol. The van der Waals surface area contributed by atoms with E-state index in [0.717, 1.165) is 148 Å². The second-order valence-electron chi connectivity index (χ2n) is 27.2. The van der Waals surface area contributed by atoms with Gasteiger partial charge in [-0.05, 0) is 136 Å². The number of carbonyl (C=O) groups excluding carboxylic acids is 3. The van der Waals surface area contributed by atoms with Gasteiger partial charge in [-0.2, -0.15) is 15.0 Å². The van der Waals surface area contributed by atoms with Crippen LogP contribution >= 0.6 is 34.0 Å². The molecule has 9 aromatic rings. The minimum Gasteiger partial charge on any atom is -0.495 e. The lowest BCUT2D eigenvalue weighted by Crippen LogP contribution is -2.47. The highest BCUT2D eigenvalue weighted by atomic mass is 32.1. The summed E-state index contributed by atoms with van der Waals surface area (Å²) in [6, 6.07) is 16.6. The van der Waals surface area contributed by atoms with Gasteiger partial charge in [0.25, 0.3) is 17.7 Å². The highest BCUT2D eigenvalue weighted by Gasteiger charge is 2.37. The highest BCUT2D eigenvalue weighted by Crippen LogP contribution is 2.47. The Morgan fingerprint density at radius 3 is 1.29 bits per heavy atom. The topological polar surface area (TPSA) is 287 Å². The van der Waals surface area contributed by atoms with E-state index >= 15 is 0 Å². The molecule has 12 heterocycles. The summed E-state index contributed by atoms with van der Waals surface area (Å²) in [6.45, 7) is 26.6. The van der Waals surface area contributed by atoms with E-state index in [-0.39, 0.29) is 24.3 Å². The maximum absolute atomic E-state index is 13.1. The van der Waals surface area contributed by atoms with Crippen LogP contribution in [-0.4, -0.2) is 237 Å². The van der Waals surface area contributed by atoms with Gasteiger partial charge in [0.1, 0.15) is 49.3 Å². The molecule has 3 aromatic carbocycles. The number of aryl methyl sites for hydroxylation is 4. The molecule has 6 aliphatic heterocycles. The maximum atomic E-state index is 13.1. The number of nitrogens with zero attached hydrogens (tertiary/aromatic N) is 20. The smallest absolute Gasteiger partial charge is 0.279 e. The molecule has 0 unspecified atom stereocenters. The Balaban J connectivity index is 0.000000143. The molecular weight excluding hydrogens is 1430 g/mol. The third kappa shape index (κ3) is 15.5. The molecule has 6 aromatic heterocycles. The number of rotatable bonds is 17. The van der Waals surface area contributed by atoms with Gasteiger partial charge >= 0.3 is 0 Å². The molecule has 3 amide bonds. The lowest BCUT2D eigenvalue weighted by Gasteiger charge is -2.36. The second-order valence-corrected chi connectivity index (χ2v) is 30.7. The number of fused-ring (bicyclic) bond motifs is 6. The fraction of sp³-hybridized carbons (Fsp3) is 0.440. The number of likely N-dealkylation sites (tertiary alicyclic amines) is 1. The van der Waals surface area contributed by atoms with Gasteiger partial charge in [-0.3, -0.25) is 19.3 Å². The molecule has 3 saturated heterocycles. The molecule has 3 fully saturated rings. The number of nitrogens with one attached hydrogen (secondary N) is 3. The molecule has 0 radical (unpaired) electrons. The number of likely N-dealkylation sites (N-methyl/N-ethyl adjacent to an activating group) is 1. The van der Waals surface area contributed by atoms with Crippen LogP contribution in [0, 0.1) is 27.7 Å². The normalized spacial score (nSPS) is 16.2. The SMILES string of the molecule is CCN1c2nc(Nc3cc(C)c(N4CCN(C)CC4)cc3OC)ncc2N(C)C(=O)c2nc(C)sc21.CCN1c2nc(Nc3ccc(C4CCN(C)CC4)cc3OC)ncc2N(C)C(=O)c2nc(C)sc21.CCN1c2nc(Nc3ccc(N4CCN(CCO)CC4)cc3OC)ncc2N(C)C(=O)c2nc(C)sc21. The van der Waals surface area contributed by atoms with Gasteiger partial charge in [-0.15, -0.1) is 34.0 Å². The maximum Gasteiger partial charge on any atom is 0.279 e. The lowest BCUT2D eigenvalue weighted by molar-refractivity contribution is 0.0982. The van der Waals surface area contributed by atoms with Crippen molar-refractivity contribution in [3.63, 3.8) is 0 Å². The van der Waals surface area contributed by atoms with Gasteiger partial charge in [0, 0.05) is 123 Å². The summed E-state index contributed by atoms with van der Waals surface area (Å²) in [5.41, 5.74) is 10.3. The van der Waals surface area contributed by atoms with Crippen molar-refractivity contribution < 1.29 is 33.7 Å². The number of aliphatic hydroxyl groups is 1. The number of hydrogen-bond acceptors (Lipinski definition) is 30. The molecule has 15 rings (SSSR count). The van der Waals surface area contributed by atoms with Crippen molar-refractivity contribution in [3.05, 3.63) is 110 Å². The Morgan fingerprint density at radius 1 is 0.463 bits per heavy atom. The number of thiazole rings is 3. The second kappa shape index (κ2) is 32.7. The van der Waals surface area contributed by atoms with E-state index in [2.05, 4.69) is 122 Å². The predicted octanol–water partition coefficient (Wildman–Crippen LogP) is 11.2. The van der Waals surface area contributed by atoms with Crippen molar-refractivity contribution in [1.82, 2.24) is 59.6 Å². The number of ether oxygens (including phenoxy) is 3. The zero-order chi connectivity index (χ0) is 76.4. The van der Waals surface area contributed by atoms with Crippen molar-refractivity contribution in [2.45, 2.75) is 67.2 Å². The Morgan fingerprint density at radius 2 is 0.861 bits per heavy atom. The molecule has 0 spiro atoms. The van der Waals surface area contributed by atoms with Crippen molar-refractivity contribution in [3.8, 4) is 17.2 Å². The number of β-amino-alcohol motifs (C(OH)–C–C–N with tert-alkyl or cyclic N) is 1. The summed E-state index contributed by atoms with van der Waals surface area (Å²) in [7, 11) is 14.5. The average molecular weight is 1530 g/mol. The summed E-state index contributed by atoms with van der Waals surface area (Å²) in [6.07, 6.45) is 7.35. The number of amides is 3. The molecule has 0 aliphatic carbocycles. The molecule has 30 nitrogen and oxygen atoms in total. The summed E-state index contributed by atoms with van der Waals surface area (Å²) < 4.78 is 17.2. The molecule has 6 aliphatic rings. The number of piperidine rings is 1. The van der Waals surface area contributed by atoms with Crippen LogP contribution in [0.2, 0.25) is 0 Å². The van der Waals surface area contributed by atoms with E-state index in [1.165, 1.54) is 45.3 Å². The Hall–Kier alpha value is -10.2. The Bertz CT molecular complexity index is 4780. The molecule has 0 atom stereocenters. The molecule has 570 valence electrons. The summed E-state index contributed by atoms with van der Waals surface area (Å²) >= 11 is 4.48. The standard InChI is InChI=1S/C25H32N8O3S.C25H32N8O2S.C25H31N7O2S/c1-5-33-22-19(30(3)23(35)21-24(33)37-16(2)27-21)15-26-25(29-22)28-18-7-6-17(14-20(18)36-4)32-10-8-31(9-11-32)12-13-34;1-7-33-22-19(31(5)23(34)21-24(33)36-16(3)27-21)14-26-25(29-22)28-17-12-15(2)18(13-20(17)35-6)32-10-8-30(4)9-11-32;1-6-32-22-19(31(4)23(33)21-24(32)35-15(2)27-21)14-26-25(29-22)28-18-8-7-17(13-20(18)34-5)16-9-11-30(3)12-10-16/h6-7,14-15,34H,5,8-13H2,1-4H3,(H,26,28,29);12-14H,7-11H2,1-6H3,(H,26,28,29);7-8,13-14,16H,6,9-12H2,1-5H3,(H,26,28,29). The van der Waals surface area contributed by atoms with Crippen LogP contribution in [0.15, 0.2) is 67.1 Å². The zero-order valence-corrected chi connectivity index (χ0v) is 66.5. The lowest BCUT2D eigenvalue weighted by atomic mass is 9.89. The van der Waals surface area contributed by atoms with Crippen LogP contribution in [0.25, 0.3) is 0 Å². The van der Waals surface area contributed by atoms with Gasteiger partial charge in [0.05, 0.1) is 78.6 Å². The van der Waals surface area contributed by atoms with Gasteiger partial charge in [-0.25, -0.2) is 29.9 Å². The zero-order valence-electron chi connectivity index (χ0n) is 64.0. The summed E-state index contributed by atoms with van der Waals surface area (Å²) in [5.74, 6) is 5.51. The first-order valence-electron chi connectivity index (χ1n) is 36.4. The first-order valence-corrected chi connectivity index (χ1v) is 38.8. The fourth-order valence-corrected chi connectivity index (χ4v) is 17.1. The number of hydrogen-bond donors (Lipinski definition) is 4. The van der Waals surface area contributed by atoms with Crippen LogP contribution < -0.4 is 69.4 Å². The Kier molecular flexibility index (Phi) is 23.1. The molecule has 33 heteroatoms. The quantitative estimate of drug-likeness (QED) is 0.0659. The summed E-state index contributed by atoms with van der Waals surface area (Å²) in [4.78, 5) is 103. The Labute approximate surface area is 642 Å². The van der Waals surface area contributed by atoms with Gasteiger partial charge in [0.15, 0.2) is 34.5 Å². The number of piperazine rings is 2. The molecule has 108 heavy (non-hydrogen) atoms. The van der Waals surface area contributed by atoms with Gasteiger partial charge in [0.2, 0.25) is 17.8 Å². The average Bonchev–Trinajstić information content (AvgIpc) is 1.61. The third-order valence-electron chi connectivity index (χ3n) is 20.3. The number of benzene rings is 3. The van der Waals surface area contributed by atoms with E-state index in [1.807, 2.05) is 74.4 Å². The van der Waals surface area contributed by atoms with Crippen molar-refractivity contribution in [2.75, 3.05) is 210 Å². The molecule has 4 N–H and O–H groups in total. The minimum atomic E-state index is -0.171. The fourth-order valence-electron chi connectivity index (χ4n) is 14.2. The first kappa shape index (κ1) is 76.1. The number of aromatic nitrogens is 9. The van der Waals surface area contributed by atoms with E-state index in [9.17, 15) is 19.5 Å².